The van der Waals surface area contributed by atoms with Crippen molar-refractivity contribution in [3.8, 4) is 5.75 Å². The molecule has 0 aromatic heterocycles. The maximum atomic E-state index is 13.2. The summed E-state index contributed by atoms with van der Waals surface area (Å²) in [6.07, 6.45) is 0. The number of ether oxygens (including phenoxy) is 1. The molecule has 3 nitrogen and oxygen atoms in total. The number of thioether (sulfide) groups is 1. The van der Waals surface area contributed by atoms with Gasteiger partial charge in [0.15, 0.2) is 0 Å². The first-order valence-corrected chi connectivity index (χ1v) is 7.61. The molecule has 2 aromatic rings. The SMILES string of the molecule is COc1ccc(C)cc1C(CSc1cccc(F)c1)NN. The van der Waals surface area contributed by atoms with Crippen LogP contribution in [0.3, 0.4) is 0 Å². The van der Waals surface area contributed by atoms with E-state index in [1.54, 1.807) is 24.9 Å². The summed E-state index contributed by atoms with van der Waals surface area (Å²) in [7, 11) is 1.64. The monoisotopic (exact) mass is 306 g/mol. The smallest absolute Gasteiger partial charge is 0.124 e. The molecule has 0 bridgehead atoms. The molecule has 0 fully saturated rings. The normalized spacial score (nSPS) is 12.2. The Morgan fingerprint density at radius 3 is 2.76 bits per heavy atom. The number of rotatable bonds is 6. The van der Waals surface area contributed by atoms with Gasteiger partial charge < -0.3 is 4.74 Å². The van der Waals surface area contributed by atoms with Crippen LogP contribution in [0.1, 0.15) is 17.2 Å². The molecule has 1 unspecified atom stereocenters. The Morgan fingerprint density at radius 2 is 2.10 bits per heavy atom. The van der Waals surface area contributed by atoms with Gasteiger partial charge >= 0.3 is 0 Å². The largest absolute Gasteiger partial charge is 0.496 e. The number of nitrogens with one attached hydrogen (secondary N) is 1. The zero-order valence-corrected chi connectivity index (χ0v) is 12.9. The number of nitrogens with two attached hydrogens (primary N) is 1. The minimum absolute atomic E-state index is 0.0758. The van der Waals surface area contributed by atoms with Gasteiger partial charge in [-0.05, 0) is 31.2 Å². The molecular formula is C16H19FN2OS. The average molecular weight is 306 g/mol. The van der Waals surface area contributed by atoms with E-state index in [9.17, 15) is 4.39 Å². The van der Waals surface area contributed by atoms with Crippen LogP contribution in [0.2, 0.25) is 0 Å². The third-order valence-electron chi connectivity index (χ3n) is 3.17. The van der Waals surface area contributed by atoms with Crippen molar-refractivity contribution in [1.82, 2.24) is 5.43 Å². The number of hydrogen-bond donors (Lipinski definition) is 2. The van der Waals surface area contributed by atoms with E-state index < -0.39 is 0 Å². The van der Waals surface area contributed by atoms with Crippen molar-refractivity contribution in [3.05, 3.63) is 59.4 Å². The molecule has 2 rings (SSSR count). The van der Waals surface area contributed by atoms with E-state index in [0.29, 0.717) is 5.75 Å². The van der Waals surface area contributed by atoms with Crippen LogP contribution >= 0.6 is 11.8 Å². The van der Waals surface area contributed by atoms with Gasteiger partial charge in [0.1, 0.15) is 11.6 Å². The fourth-order valence-corrected chi connectivity index (χ4v) is 3.10. The van der Waals surface area contributed by atoms with Gasteiger partial charge in [0, 0.05) is 16.2 Å². The van der Waals surface area contributed by atoms with Crippen molar-refractivity contribution >= 4 is 11.8 Å². The lowest BCUT2D eigenvalue weighted by molar-refractivity contribution is 0.402. The van der Waals surface area contributed by atoms with Gasteiger partial charge in [-0.2, -0.15) is 0 Å². The molecule has 0 aliphatic heterocycles. The second-order valence-corrected chi connectivity index (χ2v) is 5.83. The van der Waals surface area contributed by atoms with Crippen LogP contribution in [0.15, 0.2) is 47.4 Å². The van der Waals surface area contributed by atoms with E-state index in [0.717, 1.165) is 21.8 Å². The maximum Gasteiger partial charge on any atom is 0.124 e. The third-order valence-corrected chi connectivity index (χ3v) is 4.26. The van der Waals surface area contributed by atoms with E-state index in [4.69, 9.17) is 10.6 Å². The fourth-order valence-electron chi connectivity index (χ4n) is 2.09. The Morgan fingerprint density at radius 1 is 1.29 bits per heavy atom. The van der Waals surface area contributed by atoms with E-state index in [1.165, 1.54) is 12.1 Å². The second kappa shape index (κ2) is 7.45. The molecule has 21 heavy (non-hydrogen) atoms. The molecule has 0 spiro atoms. The van der Waals surface area contributed by atoms with E-state index in [1.807, 2.05) is 25.1 Å². The lowest BCUT2D eigenvalue weighted by Gasteiger charge is -2.19. The Bertz CT molecular complexity index is 607. The summed E-state index contributed by atoms with van der Waals surface area (Å²) >= 11 is 1.55. The number of methoxy groups -OCH3 is 1. The van der Waals surface area contributed by atoms with Crippen LogP contribution in [0, 0.1) is 12.7 Å². The van der Waals surface area contributed by atoms with Gasteiger partial charge in [0.25, 0.3) is 0 Å². The van der Waals surface area contributed by atoms with Gasteiger partial charge in [-0.15, -0.1) is 11.8 Å². The molecule has 0 saturated carbocycles. The summed E-state index contributed by atoms with van der Waals surface area (Å²) in [5.41, 5.74) is 4.95. The number of benzene rings is 2. The number of hydrogen-bond acceptors (Lipinski definition) is 4. The van der Waals surface area contributed by atoms with Gasteiger partial charge in [0.05, 0.1) is 13.2 Å². The first-order valence-electron chi connectivity index (χ1n) is 6.63. The molecule has 5 heteroatoms. The number of halogens is 1. The Kier molecular flexibility index (Phi) is 5.61. The predicted molar refractivity (Wildman–Crippen MR) is 84.9 cm³/mol. The van der Waals surface area contributed by atoms with Crippen LogP contribution < -0.4 is 16.0 Å². The quantitative estimate of drug-likeness (QED) is 0.487. The topological polar surface area (TPSA) is 47.3 Å². The molecule has 0 saturated heterocycles. The van der Waals surface area contributed by atoms with Crippen LogP contribution in [-0.2, 0) is 0 Å². The zero-order chi connectivity index (χ0) is 15.2. The molecule has 0 radical (unpaired) electrons. The summed E-state index contributed by atoms with van der Waals surface area (Å²) in [5.74, 6) is 6.92. The van der Waals surface area contributed by atoms with Crippen LogP contribution in [0.25, 0.3) is 0 Å². The first kappa shape index (κ1) is 15.8. The Labute approximate surface area is 128 Å². The summed E-state index contributed by atoms with van der Waals surface area (Å²) in [6.45, 7) is 2.02. The van der Waals surface area contributed by atoms with Crippen molar-refractivity contribution < 1.29 is 9.13 Å². The van der Waals surface area contributed by atoms with Crippen molar-refractivity contribution in [2.45, 2.75) is 17.9 Å². The molecule has 1 atom stereocenters. The minimum atomic E-state index is -0.231. The highest BCUT2D eigenvalue weighted by Crippen LogP contribution is 2.30. The van der Waals surface area contributed by atoms with Gasteiger partial charge in [0.2, 0.25) is 0 Å². The van der Waals surface area contributed by atoms with Crippen molar-refractivity contribution in [3.63, 3.8) is 0 Å². The predicted octanol–water partition coefficient (Wildman–Crippen LogP) is 3.44. The molecule has 0 aliphatic carbocycles. The van der Waals surface area contributed by atoms with Crippen LogP contribution in [-0.4, -0.2) is 12.9 Å². The number of aryl methyl sites for hydroxylation is 1. The summed E-state index contributed by atoms with van der Waals surface area (Å²) in [6, 6.07) is 12.4. The Balaban J connectivity index is 2.15. The number of hydrazine groups is 1. The standard InChI is InChI=1S/C16H19FN2OS/c1-11-6-7-16(20-2)14(8-11)15(19-18)10-21-13-5-3-4-12(17)9-13/h3-9,15,19H,10,18H2,1-2H3. The van der Waals surface area contributed by atoms with E-state index >= 15 is 0 Å². The van der Waals surface area contributed by atoms with Gasteiger partial charge in [-0.3, -0.25) is 11.3 Å². The van der Waals surface area contributed by atoms with Crippen molar-refractivity contribution in [1.29, 1.82) is 0 Å². The minimum Gasteiger partial charge on any atom is -0.496 e. The molecule has 112 valence electrons. The highest BCUT2D eigenvalue weighted by Gasteiger charge is 2.15. The van der Waals surface area contributed by atoms with E-state index in [-0.39, 0.29) is 11.9 Å². The van der Waals surface area contributed by atoms with Crippen molar-refractivity contribution in [2.24, 2.45) is 5.84 Å². The maximum absolute atomic E-state index is 13.2. The van der Waals surface area contributed by atoms with E-state index in [2.05, 4.69) is 11.5 Å². The fraction of sp³-hybridized carbons (Fsp3) is 0.250. The molecule has 3 N–H and O–H groups in total. The second-order valence-electron chi connectivity index (χ2n) is 4.73. The zero-order valence-electron chi connectivity index (χ0n) is 12.1. The van der Waals surface area contributed by atoms with Crippen LogP contribution in [0.5, 0.6) is 5.75 Å². The first-order chi connectivity index (χ1) is 10.1. The Hall–Kier alpha value is -1.56. The summed E-state index contributed by atoms with van der Waals surface area (Å²) < 4.78 is 18.6. The summed E-state index contributed by atoms with van der Waals surface area (Å²) in [5, 5.41) is 0. The average Bonchev–Trinajstić information content (AvgIpc) is 2.48. The van der Waals surface area contributed by atoms with Crippen LogP contribution in [0.4, 0.5) is 4.39 Å². The molecule has 0 aliphatic rings. The molecule has 0 heterocycles. The third kappa shape index (κ3) is 4.20. The van der Waals surface area contributed by atoms with Gasteiger partial charge in [-0.25, -0.2) is 4.39 Å². The summed E-state index contributed by atoms with van der Waals surface area (Å²) in [4.78, 5) is 0.877. The molecule has 0 amide bonds. The molecular weight excluding hydrogens is 287 g/mol. The molecule has 2 aromatic carbocycles. The highest BCUT2D eigenvalue weighted by molar-refractivity contribution is 7.99. The lowest BCUT2D eigenvalue weighted by atomic mass is 10.0. The lowest BCUT2D eigenvalue weighted by Crippen LogP contribution is -2.30. The van der Waals surface area contributed by atoms with Crippen molar-refractivity contribution in [2.75, 3.05) is 12.9 Å². The highest BCUT2D eigenvalue weighted by atomic mass is 32.2. The van der Waals surface area contributed by atoms with Gasteiger partial charge in [-0.1, -0.05) is 23.8 Å².